The molecule has 1 N–H and O–H groups in total. The van der Waals surface area contributed by atoms with Crippen LogP contribution in [0, 0.1) is 15.2 Å². The molecule has 1 aromatic carbocycles. The van der Waals surface area contributed by atoms with Gasteiger partial charge in [-0.1, -0.05) is 0 Å². The topological polar surface area (TPSA) is 73.9 Å². The molecule has 0 aliphatic carbocycles. The second-order valence-electron chi connectivity index (χ2n) is 7.07. The summed E-state index contributed by atoms with van der Waals surface area (Å²) in [7, 11) is 1.14. The first-order valence-corrected chi connectivity index (χ1v) is 9.34. The molecule has 1 unspecified atom stereocenters. The molecule has 27 heavy (non-hydrogen) atoms. The number of benzene rings is 1. The molecular weight excluding hydrogens is 475 g/mol. The smallest absolute Gasteiger partial charge is 0.408 e. The zero-order chi connectivity index (χ0) is 20.9. The highest BCUT2D eigenvalue weighted by atomic mass is 127. The van der Waals surface area contributed by atoms with Crippen LogP contribution >= 0.6 is 22.6 Å². The number of hydrogen-bond acceptors (Lipinski definition) is 5. The highest BCUT2D eigenvalue weighted by Crippen LogP contribution is 2.29. The van der Waals surface area contributed by atoms with Crippen LogP contribution in [0.5, 0.6) is 5.75 Å². The Balaban J connectivity index is 3.16. The van der Waals surface area contributed by atoms with Gasteiger partial charge in [-0.25, -0.2) is 18.4 Å². The van der Waals surface area contributed by atoms with Crippen LogP contribution in [0.4, 0.5) is 13.6 Å². The summed E-state index contributed by atoms with van der Waals surface area (Å²) in [6.07, 6.45) is -1.55. The van der Waals surface area contributed by atoms with Crippen LogP contribution in [0.15, 0.2) is 6.07 Å². The molecule has 0 aliphatic rings. The van der Waals surface area contributed by atoms with Crippen molar-refractivity contribution in [3.63, 3.8) is 0 Å². The number of esters is 1. The lowest BCUT2D eigenvalue weighted by Crippen LogP contribution is -2.46. The van der Waals surface area contributed by atoms with Gasteiger partial charge >= 0.3 is 12.1 Å². The van der Waals surface area contributed by atoms with Gasteiger partial charge in [-0.2, -0.15) is 0 Å². The summed E-state index contributed by atoms with van der Waals surface area (Å²) < 4.78 is 43.7. The van der Waals surface area contributed by atoms with Gasteiger partial charge in [-0.05, 0) is 68.8 Å². The van der Waals surface area contributed by atoms with Crippen LogP contribution in [0.25, 0.3) is 0 Å². The maximum atomic E-state index is 14.5. The zero-order valence-electron chi connectivity index (χ0n) is 16.1. The second kappa shape index (κ2) is 9.52. The Labute approximate surface area is 171 Å². The Kier molecular flexibility index (Phi) is 8.24. The number of alkyl carbamates (subject to hydrolysis) is 1. The number of ether oxygens (including phenoxy) is 3. The number of carbonyl (C=O) groups excluding carboxylic acids is 2. The lowest BCUT2D eigenvalue weighted by molar-refractivity contribution is -0.149. The summed E-state index contributed by atoms with van der Waals surface area (Å²) >= 11 is 1.69. The van der Waals surface area contributed by atoms with Gasteiger partial charge in [0.1, 0.15) is 11.6 Å². The molecule has 0 fully saturated rings. The first-order valence-electron chi connectivity index (χ1n) is 8.26. The summed E-state index contributed by atoms with van der Waals surface area (Å²) in [5, 5.41) is 2.39. The van der Waals surface area contributed by atoms with Crippen molar-refractivity contribution in [3.05, 3.63) is 26.8 Å². The van der Waals surface area contributed by atoms with E-state index < -0.39 is 47.2 Å². The van der Waals surface area contributed by atoms with Crippen LogP contribution in [-0.2, 0) is 20.7 Å². The zero-order valence-corrected chi connectivity index (χ0v) is 18.3. The fourth-order valence-electron chi connectivity index (χ4n) is 2.14. The first kappa shape index (κ1) is 23.4. The molecule has 0 aliphatic heterocycles. The molecule has 0 saturated carbocycles. The molecule has 0 aromatic heterocycles. The van der Waals surface area contributed by atoms with E-state index in [-0.39, 0.29) is 15.6 Å². The average Bonchev–Trinajstić information content (AvgIpc) is 2.49. The summed E-state index contributed by atoms with van der Waals surface area (Å²) in [6, 6.07) is 0.0305. The molecule has 0 heterocycles. The molecule has 0 radical (unpaired) electrons. The number of nitrogens with one attached hydrogen (secondary N) is 1. The van der Waals surface area contributed by atoms with E-state index in [1.54, 1.807) is 57.2 Å². The molecule has 1 amide bonds. The van der Waals surface area contributed by atoms with Gasteiger partial charge in [0.25, 0.3) is 0 Å². The van der Waals surface area contributed by atoms with Crippen LogP contribution in [0.1, 0.15) is 40.2 Å². The van der Waals surface area contributed by atoms with E-state index in [4.69, 9.17) is 14.2 Å². The van der Waals surface area contributed by atoms with E-state index in [0.29, 0.717) is 0 Å². The molecule has 6 nitrogen and oxygen atoms in total. The van der Waals surface area contributed by atoms with Crippen molar-refractivity contribution in [2.24, 2.45) is 0 Å². The third-order valence-corrected chi connectivity index (χ3v) is 3.93. The van der Waals surface area contributed by atoms with E-state index in [0.717, 1.165) is 7.11 Å². The monoisotopic (exact) mass is 499 g/mol. The fraction of sp³-hybridized carbons (Fsp3) is 0.556. The second-order valence-corrected chi connectivity index (χ2v) is 8.23. The van der Waals surface area contributed by atoms with Crippen LogP contribution in [0.3, 0.4) is 0 Å². The Morgan fingerprint density at radius 2 is 1.81 bits per heavy atom. The van der Waals surface area contributed by atoms with E-state index in [1.165, 1.54) is 6.07 Å². The Bertz CT molecular complexity index is 704. The normalized spacial score (nSPS) is 12.5. The third-order valence-electron chi connectivity index (χ3n) is 3.15. The van der Waals surface area contributed by atoms with Crippen molar-refractivity contribution >= 4 is 34.7 Å². The molecule has 0 saturated heterocycles. The Hall–Kier alpha value is -1.65. The third kappa shape index (κ3) is 7.11. The molecule has 0 spiro atoms. The highest BCUT2D eigenvalue weighted by molar-refractivity contribution is 14.1. The van der Waals surface area contributed by atoms with Gasteiger partial charge in [0, 0.05) is 6.42 Å². The number of methoxy groups -OCH3 is 1. The number of halogens is 3. The van der Waals surface area contributed by atoms with Crippen molar-refractivity contribution < 1.29 is 32.6 Å². The fourth-order valence-corrected chi connectivity index (χ4v) is 2.76. The number of hydrogen-bond donors (Lipinski definition) is 1. The van der Waals surface area contributed by atoms with Gasteiger partial charge in [-0.3, -0.25) is 0 Å². The molecule has 0 bridgehead atoms. The highest BCUT2D eigenvalue weighted by Gasteiger charge is 2.29. The molecule has 9 heteroatoms. The summed E-state index contributed by atoms with van der Waals surface area (Å²) in [5.74, 6) is -3.08. The predicted molar refractivity (Wildman–Crippen MR) is 104 cm³/mol. The van der Waals surface area contributed by atoms with Crippen LogP contribution < -0.4 is 10.1 Å². The molecule has 152 valence electrons. The van der Waals surface area contributed by atoms with Crippen molar-refractivity contribution in [3.8, 4) is 5.75 Å². The molecule has 1 aromatic rings. The first-order chi connectivity index (χ1) is 12.4. The molecule has 1 atom stereocenters. The Morgan fingerprint density at radius 3 is 2.30 bits per heavy atom. The Morgan fingerprint density at radius 1 is 1.22 bits per heavy atom. The minimum Gasteiger partial charge on any atom is -0.491 e. The van der Waals surface area contributed by atoms with Crippen LogP contribution in [0.2, 0.25) is 0 Å². The number of carbonyl (C=O) groups is 2. The lowest BCUT2D eigenvalue weighted by atomic mass is 10.0. The summed E-state index contributed by atoms with van der Waals surface area (Å²) in [6.45, 7) is 8.29. The minimum atomic E-state index is -1.22. The van der Waals surface area contributed by atoms with Gasteiger partial charge in [0.05, 0.1) is 16.8 Å². The quantitative estimate of drug-likeness (QED) is 0.365. The summed E-state index contributed by atoms with van der Waals surface area (Å²) in [4.78, 5) is 24.4. The molecular formula is C18H24F2INO5. The van der Waals surface area contributed by atoms with Crippen LogP contribution in [-0.4, -0.2) is 36.9 Å². The van der Waals surface area contributed by atoms with Crippen molar-refractivity contribution in [1.29, 1.82) is 0 Å². The van der Waals surface area contributed by atoms with E-state index in [2.05, 4.69) is 5.32 Å². The maximum absolute atomic E-state index is 14.5. The van der Waals surface area contributed by atoms with Crippen molar-refractivity contribution in [2.75, 3.05) is 7.11 Å². The predicted octanol–water partition coefficient (Wildman–Crippen LogP) is 3.97. The largest absolute Gasteiger partial charge is 0.491 e. The van der Waals surface area contributed by atoms with Gasteiger partial charge in [-0.15, -0.1) is 0 Å². The minimum absolute atomic E-state index is 0.000542. The van der Waals surface area contributed by atoms with Gasteiger partial charge < -0.3 is 19.5 Å². The molecule has 1 rings (SSSR count). The van der Waals surface area contributed by atoms with Crippen molar-refractivity contribution in [1.82, 2.24) is 5.32 Å². The van der Waals surface area contributed by atoms with Gasteiger partial charge in [0.15, 0.2) is 17.4 Å². The SMILES string of the molecule is COc1c(F)c(I)cc(CC(NC(=O)OC(C)(C)C)C(=O)OC(C)C)c1F. The lowest BCUT2D eigenvalue weighted by Gasteiger charge is -2.24. The summed E-state index contributed by atoms with van der Waals surface area (Å²) in [5.41, 5.74) is -0.782. The van der Waals surface area contributed by atoms with Gasteiger partial charge in [0.2, 0.25) is 0 Å². The number of rotatable bonds is 6. The average molecular weight is 499 g/mol. The van der Waals surface area contributed by atoms with E-state index in [1.807, 2.05) is 0 Å². The van der Waals surface area contributed by atoms with E-state index >= 15 is 0 Å². The standard InChI is InChI=1S/C18H24F2INO5/c1-9(2)26-16(23)12(22-17(24)27-18(3,4)5)8-10-7-11(21)14(20)15(25-6)13(10)19/h7,9,12H,8H2,1-6H3,(H,22,24). The van der Waals surface area contributed by atoms with E-state index in [9.17, 15) is 18.4 Å². The number of amides is 1. The van der Waals surface area contributed by atoms with Crippen molar-refractivity contribution in [2.45, 2.75) is 58.8 Å². The maximum Gasteiger partial charge on any atom is 0.408 e.